The van der Waals surface area contributed by atoms with Crippen molar-refractivity contribution >= 4 is 5.91 Å². The van der Waals surface area contributed by atoms with Crippen LogP contribution in [0.2, 0.25) is 0 Å². The van der Waals surface area contributed by atoms with Gasteiger partial charge in [-0.2, -0.15) is 5.10 Å². The van der Waals surface area contributed by atoms with Crippen LogP contribution in [0, 0.1) is 0 Å². The summed E-state index contributed by atoms with van der Waals surface area (Å²) in [6.45, 7) is 5.95. The Morgan fingerprint density at radius 2 is 2.00 bits per heavy atom. The highest BCUT2D eigenvalue weighted by Gasteiger charge is 2.11. The number of hydrogen-bond acceptors (Lipinski definition) is 4. The number of morpholine rings is 1. The molecule has 24 heavy (non-hydrogen) atoms. The van der Waals surface area contributed by atoms with Crippen LogP contribution in [0.25, 0.3) is 0 Å². The first kappa shape index (κ1) is 16.7. The Balaban J connectivity index is 1.40. The molecule has 128 valence electrons. The highest BCUT2D eigenvalue weighted by molar-refractivity contribution is 5.93. The third-order valence-corrected chi connectivity index (χ3v) is 4.12. The quantitative estimate of drug-likeness (QED) is 0.780. The van der Waals surface area contributed by atoms with Crippen LogP contribution in [0.5, 0.6) is 0 Å². The summed E-state index contributed by atoms with van der Waals surface area (Å²) in [5.41, 5.74) is 1.77. The molecular formula is C18H24N4O2. The van der Waals surface area contributed by atoms with Crippen molar-refractivity contribution in [2.24, 2.45) is 0 Å². The van der Waals surface area contributed by atoms with Crippen molar-refractivity contribution in [2.45, 2.75) is 13.0 Å². The van der Waals surface area contributed by atoms with E-state index in [2.05, 4.69) is 15.3 Å². The number of amides is 1. The van der Waals surface area contributed by atoms with Gasteiger partial charge in [0.25, 0.3) is 5.91 Å². The summed E-state index contributed by atoms with van der Waals surface area (Å²) in [5, 5.41) is 7.23. The summed E-state index contributed by atoms with van der Waals surface area (Å²) in [6.07, 6.45) is 4.37. The van der Waals surface area contributed by atoms with Crippen LogP contribution in [-0.2, 0) is 11.3 Å². The van der Waals surface area contributed by atoms with E-state index < -0.39 is 0 Å². The number of nitrogens with zero attached hydrogens (tertiary/aromatic N) is 3. The zero-order chi connectivity index (χ0) is 16.6. The fraction of sp³-hybridized carbons (Fsp3) is 0.444. The third-order valence-electron chi connectivity index (χ3n) is 4.12. The Labute approximate surface area is 142 Å². The summed E-state index contributed by atoms with van der Waals surface area (Å²) in [7, 11) is 0. The van der Waals surface area contributed by atoms with E-state index >= 15 is 0 Å². The smallest absolute Gasteiger partial charge is 0.254 e. The van der Waals surface area contributed by atoms with E-state index in [1.165, 1.54) is 0 Å². The summed E-state index contributed by atoms with van der Waals surface area (Å²) in [5.74, 6) is -0.0590. The van der Waals surface area contributed by atoms with Crippen LogP contribution in [-0.4, -0.2) is 60.0 Å². The van der Waals surface area contributed by atoms with Gasteiger partial charge in [-0.15, -0.1) is 0 Å². The standard InChI is InChI=1S/C18H24N4O2/c23-18(19-7-4-8-21-9-11-24-12-10-21)17-13-20-22(15-17)14-16-5-2-1-3-6-16/h1-3,5-6,13,15H,4,7-12,14H2,(H,19,23). The molecule has 2 heterocycles. The lowest BCUT2D eigenvalue weighted by atomic mass is 10.2. The topological polar surface area (TPSA) is 59.4 Å². The number of rotatable bonds is 7. The molecule has 1 aliphatic rings. The molecule has 0 radical (unpaired) electrons. The lowest BCUT2D eigenvalue weighted by molar-refractivity contribution is 0.0374. The molecular weight excluding hydrogens is 304 g/mol. The summed E-state index contributed by atoms with van der Waals surface area (Å²) in [6, 6.07) is 10.1. The summed E-state index contributed by atoms with van der Waals surface area (Å²) in [4.78, 5) is 14.5. The second-order valence-corrected chi connectivity index (χ2v) is 5.98. The van der Waals surface area contributed by atoms with Gasteiger partial charge in [0.15, 0.2) is 0 Å². The van der Waals surface area contributed by atoms with E-state index in [1.54, 1.807) is 17.1 Å². The van der Waals surface area contributed by atoms with Crippen molar-refractivity contribution in [3.05, 3.63) is 53.9 Å². The van der Waals surface area contributed by atoms with Crippen LogP contribution >= 0.6 is 0 Å². The number of benzene rings is 1. The average Bonchev–Trinajstić information content (AvgIpc) is 3.09. The van der Waals surface area contributed by atoms with Crippen molar-refractivity contribution < 1.29 is 9.53 Å². The molecule has 1 amide bonds. The third kappa shape index (κ3) is 4.91. The maximum absolute atomic E-state index is 12.2. The number of nitrogens with one attached hydrogen (secondary N) is 1. The molecule has 1 aromatic heterocycles. The number of carbonyl (C=O) groups excluding carboxylic acids is 1. The Morgan fingerprint density at radius 1 is 1.21 bits per heavy atom. The van der Waals surface area contributed by atoms with Crippen LogP contribution in [0.4, 0.5) is 0 Å². The van der Waals surface area contributed by atoms with Crippen molar-refractivity contribution in [3.8, 4) is 0 Å². The van der Waals surface area contributed by atoms with Gasteiger partial charge in [0.2, 0.25) is 0 Å². The predicted octanol–water partition coefficient (Wildman–Crippen LogP) is 1.38. The molecule has 6 heteroatoms. The SMILES string of the molecule is O=C(NCCCN1CCOCC1)c1cnn(Cc2ccccc2)c1. The fourth-order valence-corrected chi connectivity index (χ4v) is 2.77. The number of hydrogen-bond donors (Lipinski definition) is 1. The Hall–Kier alpha value is -2.18. The van der Waals surface area contributed by atoms with Gasteiger partial charge in [-0.3, -0.25) is 14.4 Å². The second kappa shape index (κ2) is 8.61. The minimum absolute atomic E-state index is 0.0590. The van der Waals surface area contributed by atoms with Crippen molar-refractivity contribution in [2.75, 3.05) is 39.4 Å². The van der Waals surface area contributed by atoms with Gasteiger partial charge >= 0.3 is 0 Å². The van der Waals surface area contributed by atoms with Gasteiger partial charge in [0.1, 0.15) is 0 Å². The van der Waals surface area contributed by atoms with E-state index in [1.807, 2.05) is 30.3 Å². The molecule has 3 rings (SSSR count). The van der Waals surface area contributed by atoms with Gasteiger partial charge in [-0.1, -0.05) is 30.3 Å². The summed E-state index contributed by atoms with van der Waals surface area (Å²) < 4.78 is 7.12. The second-order valence-electron chi connectivity index (χ2n) is 5.98. The van der Waals surface area contributed by atoms with Gasteiger partial charge in [-0.05, 0) is 18.5 Å². The van der Waals surface area contributed by atoms with Gasteiger partial charge in [-0.25, -0.2) is 0 Å². The van der Waals surface area contributed by atoms with Gasteiger partial charge in [0, 0.05) is 25.8 Å². The maximum Gasteiger partial charge on any atom is 0.254 e. The van der Waals surface area contributed by atoms with Gasteiger partial charge < -0.3 is 10.1 Å². The first-order chi connectivity index (χ1) is 11.8. The van der Waals surface area contributed by atoms with Crippen LogP contribution in [0.3, 0.4) is 0 Å². The van der Waals surface area contributed by atoms with E-state index in [0.29, 0.717) is 18.7 Å². The average molecular weight is 328 g/mol. The van der Waals surface area contributed by atoms with Crippen molar-refractivity contribution in [3.63, 3.8) is 0 Å². The lowest BCUT2D eigenvalue weighted by Gasteiger charge is -2.26. The van der Waals surface area contributed by atoms with Crippen molar-refractivity contribution in [1.29, 1.82) is 0 Å². The minimum Gasteiger partial charge on any atom is -0.379 e. The molecule has 1 fully saturated rings. The molecule has 0 aliphatic carbocycles. The van der Waals surface area contributed by atoms with E-state index in [9.17, 15) is 4.79 Å². The molecule has 1 aromatic carbocycles. The normalized spacial score (nSPS) is 15.3. The highest BCUT2D eigenvalue weighted by Crippen LogP contribution is 2.04. The number of aromatic nitrogens is 2. The highest BCUT2D eigenvalue weighted by atomic mass is 16.5. The molecule has 1 saturated heterocycles. The molecule has 1 aliphatic heterocycles. The van der Waals surface area contributed by atoms with Crippen molar-refractivity contribution in [1.82, 2.24) is 20.0 Å². The summed E-state index contributed by atoms with van der Waals surface area (Å²) >= 11 is 0. The number of carbonyl (C=O) groups is 1. The van der Waals surface area contributed by atoms with Crippen LogP contribution in [0.15, 0.2) is 42.7 Å². The molecule has 0 bridgehead atoms. The van der Waals surface area contributed by atoms with E-state index in [-0.39, 0.29) is 5.91 Å². The number of ether oxygens (including phenoxy) is 1. The minimum atomic E-state index is -0.0590. The zero-order valence-electron chi connectivity index (χ0n) is 13.9. The molecule has 0 atom stereocenters. The molecule has 0 spiro atoms. The fourth-order valence-electron chi connectivity index (χ4n) is 2.77. The molecule has 2 aromatic rings. The Morgan fingerprint density at radius 3 is 2.79 bits per heavy atom. The Kier molecular flexibility index (Phi) is 5.98. The Bertz CT molecular complexity index is 635. The largest absolute Gasteiger partial charge is 0.379 e. The molecule has 6 nitrogen and oxygen atoms in total. The molecule has 0 saturated carbocycles. The monoisotopic (exact) mass is 328 g/mol. The van der Waals surface area contributed by atoms with Crippen LogP contribution < -0.4 is 5.32 Å². The molecule has 0 unspecified atom stereocenters. The zero-order valence-corrected chi connectivity index (χ0v) is 13.9. The van der Waals surface area contributed by atoms with E-state index in [4.69, 9.17) is 4.74 Å². The molecule has 1 N–H and O–H groups in total. The first-order valence-corrected chi connectivity index (χ1v) is 8.46. The van der Waals surface area contributed by atoms with Crippen LogP contribution in [0.1, 0.15) is 22.3 Å². The predicted molar refractivity (Wildman–Crippen MR) is 92.0 cm³/mol. The van der Waals surface area contributed by atoms with E-state index in [0.717, 1.165) is 44.8 Å². The lowest BCUT2D eigenvalue weighted by Crippen LogP contribution is -2.38. The first-order valence-electron chi connectivity index (χ1n) is 8.46. The van der Waals surface area contributed by atoms with Gasteiger partial charge in [0.05, 0.1) is 31.5 Å². The maximum atomic E-state index is 12.2.